The standard InChI is InChI=1S/C16H19F2NO5/c1-15(2,3)19-14(20)22-11-6-10(7-11)21-9-4-5-12-13(8-9)24-16(17,18)23-12/h4-5,8,10-11H,6-7H2,1-3H3,(H,19,20). The van der Waals surface area contributed by atoms with Crippen LogP contribution < -0.4 is 19.5 Å². The first-order chi connectivity index (χ1) is 11.1. The number of carbonyl (C=O) groups is 1. The largest absolute Gasteiger partial charge is 0.586 e. The van der Waals surface area contributed by atoms with E-state index in [2.05, 4.69) is 14.8 Å². The number of carbonyl (C=O) groups excluding carboxylic acids is 1. The topological polar surface area (TPSA) is 66.0 Å². The highest BCUT2D eigenvalue weighted by Gasteiger charge is 2.43. The van der Waals surface area contributed by atoms with Crippen LogP contribution in [0.1, 0.15) is 33.6 Å². The average molecular weight is 343 g/mol. The number of amides is 1. The molecule has 1 fully saturated rings. The van der Waals surface area contributed by atoms with Crippen LogP contribution in [0.25, 0.3) is 0 Å². The van der Waals surface area contributed by atoms with Crippen LogP contribution in [-0.4, -0.2) is 30.1 Å². The van der Waals surface area contributed by atoms with Crippen molar-refractivity contribution >= 4 is 6.09 Å². The van der Waals surface area contributed by atoms with Crippen molar-refractivity contribution in [1.82, 2.24) is 5.32 Å². The molecule has 1 aliphatic carbocycles. The fourth-order valence-electron chi connectivity index (χ4n) is 2.39. The van der Waals surface area contributed by atoms with Gasteiger partial charge in [-0.3, -0.25) is 0 Å². The van der Waals surface area contributed by atoms with Gasteiger partial charge in [-0.05, 0) is 32.9 Å². The highest BCUT2D eigenvalue weighted by atomic mass is 19.3. The summed E-state index contributed by atoms with van der Waals surface area (Å²) in [5, 5.41) is 2.72. The number of halogens is 2. The van der Waals surface area contributed by atoms with E-state index in [0.717, 1.165) is 0 Å². The zero-order valence-electron chi connectivity index (χ0n) is 13.6. The van der Waals surface area contributed by atoms with E-state index in [0.29, 0.717) is 18.6 Å². The molecule has 24 heavy (non-hydrogen) atoms. The number of hydrogen-bond donors (Lipinski definition) is 1. The average Bonchev–Trinajstić information content (AvgIpc) is 2.67. The lowest BCUT2D eigenvalue weighted by Gasteiger charge is -2.35. The number of fused-ring (bicyclic) bond motifs is 1. The molecule has 1 N–H and O–H groups in total. The summed E-state index contributed by atoms with van der Waals surface area (Å²) in [5.74, 6) is 0.313. The summed E-state index contributed by atoms with van der Waals surface area (Å²) >= 11 is 0. The molecule has 0 unspecified atom stereocenters. The lowest BCUT2D eigenvalue weighted by Crippen LogP contribution is -2.46. The van der Waals surface area contributed by atoms with Gasteiger partial charge in [0.05, 0.1) is 0 Å². The van der Waals surface area contributed by atoms with Gasteiger partial charge in [-0.2, -0.15) is 0 Å². The summed E-state index contributed by atoms with van der Waals surface area (Å²) in [6.07, 6.45) is -3.37. The molecular formula is C16H19F2NO5. The quantitative estimate of drug-likeness (QED) is 0.911. The summed E-state index contributed by atoms with van der Waals surface area (Å²) in [6, 6.07) is 4.26. The maximum Gasteiger partial charge on any atom is 0.586 e. The van der Waals surface area contributed by atoms with Gasteiger partial charge < -0.3 is 24.3 Å². The van der Waals surface area contributed by atoms with Crippen LogP contribution in [0.15, 0.2) is 18.2 Å². The number of alkyl halides is 2. The highest BCUT2D eigenvalue weighted by molar-refractivity contribution is 5.68. The van der Waals surface area contributed by atoms with Gasteiger partial charge in [0.25, 0.3) is 0 Å². The first-order valence-electron chi connectivity index (χ1n) is 7.65. The minimum atomic E-state index is -3.64. The third kappa shape index (κ3) is 3.98. The first-order valence-corrected chi connectivity index (χ1v) is 7.65. The summed E-state index contributed by atoms with van der Waals surface area (Å²) < 4.78 is 45.5. The molecule has 0 bridgehead atoms. The lowest BCUT2D eigenvalue weighted by molar-refractivity contribution is -0.286. The molecule has 132 valence electrons. The number of rotatable bonds is 3. The predicted molar refractivity (Wildman–Crippen MR) is 79.5 cm³/mol. The Balaban J connectivity index is 1.46. The monoisotopic (exact) mass is 343 g/mol. The van der Waals surface area contributed by atoms with E-state index in [-0.39, 0.29) is 29.2 Å². The minimum Gasteiger partial charge on any atom is -0.490 e. The van der Waals surface area contributed by atoms with Crippen molar-refractivity contribution < 1.29 is 32.5 Å². The van der Waals surface area contributed by atoms with E-state index in [1.165, 1.54) is 18.2 Å². The summed E-state index contributed by atoms with van der Waals surface area (Å²) in [4.78, 5) is 11.6. The zero-order chi connectivity index (χ0) is 17.5. The molecule has 1 aromatic carbocycles. The van der Waals surface area contributed by atoms with Crippen LogP contribution in [0.5, 0.6) is 17.2 Å². The Bertz CT molecular complexity index is 638. The minimum absolute atomic E-state index is 0.0268. The first kappa shape index (κ1) is 16.6. The molecule has 0 saturated heterocycles. The molecule has 1 aliphatic heterocycles. The van der Waals surface area contributed by atoms with Crippen LogP contribution in [0.3, 0.4) is 0 Å². The van der Waals surface area contributed by atoms with Crippen LogP contribution in [-0.2, 0) is 4.74 Å². The molecule has 0 spiro atoms. The number of benzene rings is 1. The maximum absolute atomic E-state index is 13.0. The second kappa shape index (κ2) is 5.68. The normalized spacial score (nSPS) is 24.0. The fraction of sp³-hybridized carbons (Fsp3) is 0.562. The number of ether oxygens (including phenoxy) is 4. The highest BCUT2D eigenvalue weighted by Crippen LogP contribution is 2.43. The van der Waals surface area contributed by atoms with Gasteiger partial charge in [-0.25, -0.2) is 4.79 Å². The van der Waals surface area contributed by atoms with Gasteiger partial charge in [-0.15, -0.1) is 8.78 Å². The van der Waals surface area contributed by atoms with Crippen molar-refractivity contribution in [3.63, 3.8) is 0 Å². The molecule has 0 atom stereocenters. The van der Waals surface area contributed by atoms with E-state index >= 15 is 0 Å². The van der Waals surface area contributed by atoms with Crippen LogP contribution in [0, 0.1) is 0 Å². The van der Waals surface area contributed by atoms with Crippen molar-refractivity contribution in [3.8, 4) is 17.2 Å². The van der Waals surface area contributed by atoms with Gasteiger partial charge in [0.1, 0.15) is 18.0 Å². The Kier molecular flexibility index (Phi) is 3.93. The van der Waals surface area contributed by atoms with E-state index < -0.39 is 12.4 Å². The fourth-order valence-corrected chi connectivity index (χ4v) is 2.39. The van der Waals surface area contributed by atoms with E-state index in [4.69, 9.17) is 9.47 Å². The molecule has 0 radical (unpaired) electrons. The number of nitrogens with one attached hydrogen (secondary N) is 1. The Labute approximate surface area is 138 Å². The maximum atomic E-state index is 13.0. The Morgan fingerprint density at radius 2 is 1.88 bits per heavy atom. The molecule has 3 rings (SSSR count). The second-order valence-corrected chi connectivity index (χ2v) is 6.89. The van der Waals surface area contributed by atoms with E-state index in [9.17, 15) is 13.6 Å². The van der Waals surface area contributed by atoms with Gasteiger partial charge in [0.15, 0.2) is 11.5 Å². The van der Waals surface area contributed by atoms with E-state index in [1.54, 1.807) is 0 Å². The van der Waals surface area contributed by atoms with Crippen molar-refractivity contribution in [1.29, 1.82) is 0 Å². The molecule has 6 nitrogen and oxygen atoms in total. The molecule has 1 heterocycles. The third-order valence-corrected chi connectivity index (χ3v) is 3.48. The molecule has 1 saturated carbocycles. The van der Waals surface area contributed by atoms with Gasteiger partial charge in [-0.1, -0.05) is 0 Å². The van der Waals surface area contributed by atoms with Gasteiger partial charge in [0.2, 0.25) is 0 Å². The molecule has 1 amide bonds. The smallest absolute Gasteiger partial charge is 0.490 e. The number of hydrogen-bond acceptors (Lipinski definition) is 5. The SMILES string of the molecule is CC(C)(C)NC(=O)OC1CC(Oc2ccc3c(c2)OC(F)(F)O3)C1. The van der Waals surface area contributed by atoms with Gasteiger partial charge in [0, 0.05) is 24.4 Å². The Morgan fingerprint density at radius 1 is 1.21 bits per heavy atom. The van der Waals surface area contributed by atoms with Crippen molar-refractivity contribution in [2.75, 3.05) is 0 Å². The number of alkyl carbamates (subject to hydrolysis) is 1. The molecule has 2 aliphatic rings. The third-order valence-electron chi connectivity index (χ3n) is 3.48. The van der Waals surface area contributed by atoms with E-state index in [1.807, 2.05) is 20.8 Å². The van der Waals surface area contributed by atoms with Gasteiger partial charge >= 0.3 is 12.4 Å². The Hall–Kier alpha value is -2.25. The van der Waals surface area contributed by atoms with Crippen LogP contribution >= 0.6 is 0 Å². The predicted octanol–water partition coefficient (Wildman–Crippen LogP) is 3.44. The lowest BCUT2D eigenvalue weighted by atomic mass is 9.92. The van der Waals surface area contributed by atoms with Crippen molar-refractivity contribution in [3.05, 3.63) is 18.2 Å². The zero-order valence-corrected chi connectivity index (χ0v) is 13.6. The summed E-state index contributed by atoms with van der Waals surface area (Å²) in [7, 11) is 0. The summed E-state index contributed by atoms with van der Waals surface area (Å²) in [5.41, 5.74) is -0.356. The van der Waals surface area contributed by atoms with Crippen LogP contribution in [0.4, 0.5) is 13.6 Å². The Morgan fingerprint density at radius 3 is 2.54 bits per heavy atom. The molecule has 8 heteroatoms. The molecule has 1 aromatic rings. The van der Waals surface area contributed by atoms with Crippen molar-refractivity contribution in [2.24, 2.45) is 0 Å². The summed E-state index contributed by atoms with van der Waals surface area (Å²) in [6.45, 7) is 5.60. The molecule has 0 aromatic heterocycles. The van der Waals surface area contributed by atoms with Crippen molar-refractivity contribution in [2.45, 2.75) is 57.7 Å². The molecular weight excluding hydrogens is 324 g/mol. The van der Waals surface area contributed by atoms with Crippen LogP contribution in [0.2, 0.25) is 0 Å². The second-order valence-electron chi connectivity index (χ2n) is 6.89.